The molecule has 0 radical (unpaired) electrons. The molecule has 2 atom stereocenters. The van der Waals surface area contributed by atoms with Crippen LogP contribution in [0.3, 0.4) is 0 Å². The number of carbonyl (C=O) groups is 3. The van der Waals surface area contributed by atoms with E-state index in [1.165, 1.54) is 26.0 Å². The monoisotopic (exact) mass is 508 g/mol. The lowest BCUT2D eigenvalue weighted by Crippen LogP contribution is -2.44. The van der Waals surface area contributed by atoms with Gasteiger partial charge in [0.1, 0.15) is 17.6 Å². The maximum Gasteiger partial charge on any atom is 0.412 e. The Labute approximate surface area is 211 Å². The number of allylic oxidation sites excluding steroid dienone is 1. The van der Waals surface area contributed by atoms with Gasteiger partial charge >= 0.3 is 18.2 Å². The average Bonchev–Trinajstić information content (AvgIpc) is 2.79. The molecule has 0 unspecified atom stereocenters. The maximum absolute atomic E-state index is 14.8. The number of amides is 2. The van der Waals surface area contributed by atoms with Gasteiger partial charge < -0.3 is 29.5 Å². The first-order valence-corrected chi connectivity index (χ1v) is 12.2. The van der Waals surface area contributed by atoms with Crippen LogP contribution in [0.5, 0.6) is 5.75 Å². The van der Waals surface area contributed by atoms with Crippen LogP contribution in [0, 0.1) is 11.7 Å². The number of hydrogen-bond donors (Lipinski definition) is 2. The zero-order valence-corrected chi connectivity index (χ0v) is 21.4. The lowest BCUT2D eigenvalue weighted by molar-refractivity contribution is -0.139. The Balaban J connectivity index is 1.81. The lowest BCUT2D eigenvalue weighted by atomic mass is 9.92. The van der Waals surface area contributed by atoms with Crippen LogP contribution in [0.2, 0.25) is 0 Å². The quantitative estimate of drug-likeness (QED) is 0.317. The number of alkyl carbamates (subject to hydrolysis) is 1. The molecule has 0 aliphatic carbocycles. The smallest absolute Gasteiger partial charge is 0.412 e. The van der Waals surface area contributed by atoms with Crippen LogP contribution in [-0.2, 0) is 14.3 Å². The maximum atomic E-state index is 14.8. The second kappa shape index (κ2) is 13.7. The molecule has 36 heavy (non-hydrogen) atoms. The summed E-state index contributed by atoms with van der Waals surface area (Å²) in [7, 11) is 0. The number of aliphatic carboxylic acids is 1. The van der Waals surface area contributed by atoms with E-state index in [9.17, 15) is 23.9 Å². The van der Waals surface area contributed by atoms with Gasteiger partial charge in [0, 0.05) is 25.1 Å². The second-order valence-electron chi connectivity index (χ2n) is 9.38. The van der Waals surface area contributed by atoms with Crippen LogP contribution in [0.4, 0.5) is 14.0 Å². The summed E-state index contributed by atoms with van der Waals surface area (Å²) in [5, 5.41) is 11.7. The van der Waals surface area contributed by atoms with Crippen LogP contribution in [0.25, 0.3) is 0 Å². The summed E-state index contributed by atoms with van der Waals surface area (Å²) in [5.74, 6) is -1.86. The SMILES string of the molecule is C=C(C)OC(=O)N[C@H](C(=O)O)[C@@H](C)c1ccc(OCCCC2CCN(C(=O)OC(C)C)CC2)cc1F. The van der Waals surface area contributed by atoms with Gasteiger partial charge in [-0.3, -0.25) is 0 Å². The summed E-state index contributed by atoms with van der Waals surface area (Å²) in [6.45, 7) is 11.8. The summed E-state index contributed by atoms with van der Waals surface area (Å²) in [5.41, 5.74) is 0.133. The van der Waals surface area contributed by atoms with E-state index in [-0.39, 0.29) is 23.5 Å². The molecule has 1 aromatic carbocycles. The van der Waals surface area contributed by atoms with E-state index in [0.717, 1.165) is 25.7 Å². The van der Waals surface area contributed by atoms with Crippen molar-refractivity contribution in [2.45, 2.75) is 71.4 Å². The highest BCUT2D eigenvalue weighted by molar-refractivity contribution is 5.81. The Hall–Kier alpha value is -3.30. The first-order valence-electron chi connectivity index (χ1n) is 12.2. The number of hydrogen-bond acceptors (Lipinski definition) is 6. The largest absolute Gasteiger partial charge is 0.493 e. The Morgan fingerprint density at radius 2 is 1.89 bits per heavy atom. The van der Waals surface area contributed by atoms with Crippen molar-refractivity contribution >= 4 is 18.2 Å². The van der Waals surface area contributed by atoms with Crippen molar-refractivity contribution < 1.29 is 38.1 Å². The summed E-state index contributed by atoms with van der Waals surface area (Å²) in [6.07, 6.45) is 2.19. The number of likely N-dealkylation sites (tertiary alicyclic amines) is 1. The lowest BCUT2D eigenvalue weighted by Gasteiger charge is -2.31. The standard InChI is InChI=1S/C26H37FN2O7/c1-16(2)35-25(32)28-23(24(30)31)18(5)21-9-8-20(15-22(21)27)34-14-6-7-19-10-12-29(13-11-19)26(33)36-17(3)4/h8-9,15,17-19,23H,1,6-7,10-14H2,2-5H3,(H,28,32)(H,30,31)/t18-,23-/m0/s1. The molecule has 1 aliphatic heterocycles. The number of carboxylic acids is 1. The van der Waals surface area contributed by atoms with Gasteiger partial charge in [-0.1, -0.05) is 19.6 Å². The molecule has 0 spiro atoms. The number of carboxylic acid groups (broad SMARTS) is 1. The normalized spacial score (nSPS) is 15.7. The summed E-state index contributed by atoms with van der Waals surface area (Å²) >= 11 is 0. The molecule has 200 valence electrons. The van der Waals surface area contributed by atoms with Gasteiger partial charge in [0.15, 0.2) is 0 Å². The van der Waals surface area contributed by atoms with Crippen LogP contribution in [0.1, 0.15) is 64.9 Å². The zero-order valence-electron chi connectivity index (χ0n) is 21.4. The van der Waals surface area contributed by atoms with Crippen molar-refractivity contribution in [1.29, 1.82) is 0 Å². The topological polar surface area (TPSA) is 114 Å². The molecule has 1 fully saturated rings. The number of benzene rings is 1. The van der Waals surface area contributed by atoms with Gasteiger partial charge in [-0.25, -0.2) is 18.8 Å². The number of halogens is 1. The van der Waals surface area contributed by atoms with Crippen molar-refractivity contribution in [1.82, 2.24) is 10.2 Å². The van der Waals surface area contributed by atoms with Crippen LogP contribution >= 0.6 is 0 Å². The molecular formula is C26H37FN2O7. The average molecular weight is 509 g/mol. The molecule has 10 heteroatoms. The van der Waals surface area contributed by atoms with Crippen molar-refractivity contribution in [3.8, 4) is 5.75 Å². The van der Waals surface area contributed by atoms with E-state index < -0.39 is 29.8 Å². The Morgan fingerprint density at radius 1 is 1.22 bits per heavy atom. The predicted octanol–water partition coefficient (Wildman–Crippen LogP) is 5.06. The third-order valence-corrected chi connectivity index (χ3v) is 6.00. The molecule has 2 N–H and O–H groups in total. The van der Waals surface area contributed by atoms with Gasteiger partial charge in [0.2, 0.25) is 0 Å². The summed E-state index contributed by atoms with van der Waals surface area (Å²) < 4.78 is 30.5. The van der Waals surface area contributed by atoms with Crippen LogP contribution in [-0.4, -0.2) is 60.0 Å². The van der Waals surface area contributed by atoms with Gasteiger partial charge in [-0.15, -0.1) is 0 Å². The molecule has 1 aromatic rings. The molecule has 0 bridgehead atoms. The van der Waals surface area contributed by atoms with Crippen LogP contribution in [0.15, 0.2) is 30.5 Å². The minimum Gasteiger partial charge on any atom is -0.493 e. The van der Waals surface area contributed by atoms with Crippen LogP contribution < -0.4 is 10.1 Å². The molecule has 2 amide bonds. The highest BCUT2D eigenvalue weighted by Gasteiger charge is 2.30. The second-order valence-corrected chi connectivity index (χ2v) is 9.38. The molecule has 1 heterocycles. The number of nitrogens with one attached hydrogen (secondary N) is 1. The van der Waals surface area contributed by atoms with E-state index in [2.05, 4.69) is 11.9 Å². The Morgan fingerprint density at radius 3 is 2.44 bits per heavy atom. The fourth-order valence-corrected chi connectivity index (χ4v) is 4.10. The molecule has 1 saturated heterocycles. The first-order chi connectivity index (χ1) is 17.0. The molecule has 0 saturated carbocycles. The number of piperidine rings is 1. The van der Waals surface area contributed by atoms with Gasteiger partial charge in [0.25, 0.3) is 0 Å². The molecule has 1 aliphatic rings. The molecule has 2 rings (SSSR count). The Bertz CT molecular complexity index is 929. The number of carbonyl (C=O) groups excluding carboxylic acids is 2. The third-order valence-electron chi connectivity index (χ3n) is 6.00. The van der Waals surface area contributed by atoms with Crippen molar-refractivity contribution in [2.75, 3.05) is 19.7 Å². The van der Waals surface area contributed by atoms with Gasteiger partial charge in [-0.2, -0.15) is 0 Å². The molecule has 0 aromatic heterocycles. The zero-order chi connectivity index (χ0) is 26.8. The first kappa shape index (κ1) is 28.9. The fraction of sp³-hybridized carbons (Fsp3) is 0.577. The van der Waals surface area contributed by atoms with E-state index in [4.69, 9.17) is 14.2 Å². The predicted molar refractivity (Wildman–Crippen MR) is 131 cm³/mol. The van der Waals surface area contributed by atoms with Gasteiger partial charge in [-0.05, 0) is 64.0 Å². The minimum absolute atomic E-state index is 0.105. The van der Waals surface area contributed by atoms with E-state index >= 15 is 0 Å². The number of nitrogens with zero attached hydrogens (tertiary/aromatic N) is 1. The highest BCUT2D eigenvalue weighted by atomic mass is 19.1. The van der Waals surface area contributed by atoms with Crippen molar-refractivity contribution in [2.24, 2.45) is 5.92 Å². The molecular weight excluding hydrogens is 471 g/mol. The van der Waals surface area contributed by atoms with Crippen molar-refractivity contribution in [3.63, 3.8) is 0 Å². The van der Waals surface area contributed by atoms with Crippen molar-refractivity contribution in [3.05, 3.63) is 41.9 Å². The third kappa shape index (κ3) is 9.05. The van der Waals surface area contributed by atoms with E-state index in [1.807, 2.05) is 13.8 Å². The van der Waals surface area contributed by atoms with E-state index in [0.29, 0.717) is 31.4 Å². The summed E-state index contributed by atoms with van der Waals surface area (Å²) in [6, 6.07) is 2.87. The number of ether oxygens (including phenoxy) is 3. The summed E-state index contributed by atoms with van der Waals surface area (Å²) in [4.78, 5) is 37.2. The molecule has 9 nitrogen and oxygen atoms in total. The highest BCUT2D eigenvalue weighted by Crippen LogP contribution is 2.27. The van der Waals surface area contributed by atoms with E-state index in [1.54, 1.807) is 11.0 Å². The van der Waals surface area contributed by atoms with Gasteiger partial charge in [0.05, 0.1) is 18.5 Å². The number of rotatable bonds is 11. The fourth-order valence-electron chi connectivity index (χ4n) is 4.10. The Kier molecular flexibility index (Phi) is 11.0. The minimum atomic E-state index is -1.39.